The fraction of sp³-hybridized carbons (Fsp3) is 0.281. The average Bonchev–Trinajstić information content (AvgIpc) is 3.36. The predicted molar refractivity (Wildman–Crippen MR) is 169 cm³/mol. The van der Waals surface area contributed by atoms with E-state index in [1.807, 2.05) is 54.0 Å². The van der Waals surface area contributed by atoms with E-state index in [2.05, 4.69) is 15.8 Å². The molecular weight excluding hydrogens is 595 g/mol. The van der Waals surface area contributed by atoms with Crippen molar-refractivity contribution < 1.29 is 9.32 Å². The number of carbonyl (C=O) groups excluding carboxylic acids is 1. The van der Waals surface area contributed by atoms with Gasteiger partial charge in [-0.1, -0.05) is 70.3 Å². The minimum atomic E-state index is -1.18. The Morgan fingerprint density at radius 1 is 1.00 bits per heavy atom. The molecule has 3 aromatic carbocycles. The van der Waals surface area contributed by atoms with Gasteiger partial charge in [0.2, 0.25) is 5.91 Å². The summed E-state index contributed by atoms with van der Waals surface area (Å²) < 4.78 is 7.23. The number of para-hydroxylation sites is 1. The number of rotatable bonds is 6. The first-order valence-corrected chi connectivity index (χ1v) is 15.0. The average molecular weight is 624 g/mol. The minimum absolute atomic E-state index is 0.162. The summed E-state index contributed by atoms with van der Waals surface area (Å²) in [7, 11) is 0. The van der Waals surface area contributed by atoms with Gasteiger partial charge in [0.05, 0.1) is 21.2 Å². The van der Waals surface area contributed by atoms with Gasteiger partial charge >= 0.3 is 0 Å². The zero-order valence-corrected chi connectivity index (χ0v) is 25.4. The number of fused-ring (bicyclic) bond motifs is 3. The summed E-state index contributed by atoms with van der Waals surface area (Å²) in [6, 6.07) is 19.7. The molecule has 1 fully saturated rings. The lowest BCUT2D eigenvalue weighted by atomic mass is 9.87. The Labute approximate surface area is 257 Å². The highest BCUT2D eigenvalue weighted by molar-refractivity contribution is 6.37. The molecule has 2 heterocycles. The Bertz CT molecular complexity index is 1880. The molecule has 3 atom stereocenters. The third-order valence-corrected chi connectivity index (χ3v) is 9.12. The van der Waals surface area contributed by atoms with Gasteiger partial charge in [-0.15, -0.1) is 0 Å². The largest absolute Gasteiger partial charge is 0.367 e. The maximum absolute atomic E-state index is 14.1. The van der Waals surface area contributed by atoms with Crippen LogP contribution in [0.5, 0.6) is 0 Å². The first kappa shape index (κ1) is 28.6. The molecule has 7 nitrogen and oxygen atoms in total. The highest BCUT2D eigenvalue weighted by atomic mass is 35.5. The topological polar surface area (TPSA) is 89.2 Å². The first-order chi connectivity index (χ1) is 20.2. The van der Waals surface area contributed by atoms with Crippen LogP contribution >= 0.6 is 34.8 Å². The molecule has 10 heteroatoms. The normalized spacial score (nSPS) is 18.6. The van der Waals surface area contributed by atoms with Gasteiger partial charge in [0, 0.05) is 22.5 Å². The number of nitrogens with zero attached hydrogens (tertiary/aromatic N) is 2. The Morgan fingerprint density at radius 3 is 2.55 bits per heavy atom. The molecular formula is C32H29Cl3N4O3. The Kier molecular flexibility index (Phi) is 7.68. The number of pyridine rings is 1. The lowest BCUT2D eigenvalue weighted by Gasteiger charge is -2.36. The molecule has 0 aliphatic heterocycles. The van der Waals surface area contributed by atoms with Crippen molar-refractivity contribution in [3.63, 3.8) is 0 Å². The fourth-order valence-corrected chi connectivity index (χ4v) is 6.72. The van der Waals surface area contributed by atoms with Crippen LogP contribution in [0.15, 0.2) is 76.0 Å². The summed E-state index contributed by atoms with van der Waals surface area (Å²) in [5, 5.41) is 13.5. The molecule has 6 rings (SSSR count). The molecule has 0 saturated heterocycles. The van der Waals surface area contributed by atoms with E-state index in [0.717, 1.165) is 19.3 Å². The summed E-state index contributed by atoms with van der Waals surface area (Å²) in [5.41, 5.74) is 1.15. The van der Waals surface area contributed by atoms with E-state index < -0.39 is 5.54 Å². The van der Waals surface area contributed by atoms with Crippen LogP contribution in [0.3, 0.4) is 0 Å². The summed E-state index contributed by atoms with van der Waals surface area (Å²) in [5.74, 6) is 0.232. The van der Waals surface area contributed by atoms with E-state index in [-0.39, 0.29) is 23.6 Å². The molecule has 1 saturated carbocycles. The van der Waals surface area contributed by atoms with Crippen molar-refractivity contribution in [2.24, 2.45) is 0 Å². The number of nitrogens with one attached hydrogen (secondary N) is 2. The summed E-state index contributed by atoms with van der Waals surface area (Å²) in [4.78, 5) is 28.0. The number of benzene rings is 3. The zero-order chi connectivity index (χ0) is 29.6. The number of halogens is 3. The Hall–Kier alpha value is -3.52. The monoisotopic (exact) mass is 622 g/mol. The highest BCUT2D eigenvalue weighted by Crippen LogP contribution is 2.37. The van der Waals surface area contributed by atoms with Crippen LogP contribution in [-0.2, 0) is 10.3 Å². The summed E-state index contributed by atoms with van der Waals surface area (Å²) in [6.45, 7) is 3.55. The molecule has 1 amide bonds. The molecule has 2 N–H and O–H groups in total. The lowest BCUT2D eigenvalue weighted by Crippen LogP contribution is -2.52. The van der Waals surface area contributed by atoms with Gasteiger partial charge < -0.3 is 19.7 Å². The smallest absolute Gasteiger partial charge is 0.264 e. The van der Waals surface area contributed by atoms with Crippen LogP contribution in [0, 0.1) is 6.92 Å². The van der Waals surface area contributed by atoms with Crippen LogP contribution in [0.2, 0.25) is 15.1 Å². The summed E-state index contributed by atoms with van der Waals surface area (Å²) in [6.07, 6.45) is 2.96. The second-order valence-electron chi connectivity index (χ2n) is 11.0. The zero-order valence-electron chi connectivity index (χ0n) is 23.1. The van der Waals surface area contributed by atoms with E-state index >= 15 is 0 Å². The van der Waals surface area contributed by atoms with Gasteiger partial charge in [0.1, 0.15) is 22.2 Å². The fourth-order valence-electron chi connectivity index (χ4n) is 6.09. The second-order valence-corrected chi connectivity index (χ2v) is 12.3. The van der Waals surface area contributed by atoms with E-state index in [1.54, 1.807) is 31.2 Å². The van der Waals surface area contributed by atoms with Gasteiger partial charge in [0.15, 0.2) is 0 Å². The van der Waals surface area contributed by atoms with Crippen molar-refractivity contribution in [2.45, 2.75) is 57.2 Å². The number of hydrogen-bond donors (Lipinski definition) is 2. The van der Waals surface area contributed by atoms with Crippen molar-refractivity contribution in [1.82, 2.24) is 15.0 Å². The number of aryl methyl sites for hydroxylation is 1. The van der Waals surface area contributed by atoms with Gasteiger partial charge in [-0.05, 0) is 81.5 Å². The van der Waals surface area contributed by atoms with Crippen LogP contribution in [0.4, 0.5) is 5.69 Å². The molecule has 1 aliphatic carbocycles. The van der Waals surface area contributed by atoms with Gasteiger partial charge in [-0.3, -0.25) is 9.59 Å². The van der Waals surface area contributed by atoms with Crippen LogP contribution < -0.4 is 16.2 Å². The van der Waals surface area contributed by atoms with Crippen LogP contribution in [-0.4, -0.2) is 21.7 Å². The second kappa shape index (κ2) is 11.3. The van der Waals surface area contributed by atoms with Crippen molar-refractivity contribution in [3.8, 4) is 0 Å². The molecule has 0 bridgehead atoms. The molecule has 1 aliphatic rings. The third-order valence-electron chi connectivity index (χ3n) is 8.24. The maximum Gasteiger partial charge on any atom is 0.264 e. The van der Waals surface area contributed by atoms with E-state index in [0.29, 0.717) is 60.3 Å². The van der Waals surface area contributed by atoms with Gasteiger partial charge in [-0.25, -0.2) is 0 Å². The number of amides is 1. The molecule has 0 radical (unpaired) electrons. The van der Waals surface area contributed by atoms with Gasteiger partial charge in [-0.2, -0.15) is 0 Å². The first-order valence-electron chi connectivity index (χ1n) is 13.9. The Morgan fingerprint density at radius 2 is 1.76 bits per heavy atom. The third kappa shape index (κ3) is 5.04. The molecule has 3 unspecified atom stereocenters. The molecule has 42 heavy (non-hydrogen) atoms. The molecule has 216 valence electrons. The van der Waals surface area contributed by atoms with Crippen molar-refractivity contribution >= 4 is 68.2 Å². The van der Waals surface area contributed by atoms with E-state index in [1.165, 1.54) is 0 Å². The molecule has 5 aromatic rings. The maximum atomic E-state index is 14.1. The quantitative estimate of drug-likeness (QED) is 0.200. The number of hydrogen-bond acceptors (Lipinski definition) is 5. The standard InChI is InChI=1S/C32H29Cl3N4O3/c1-18-27-29(38-42-18)28-24(35)13-7-15-26(28)39(30(27)40)22-11-6-10-21(17-22)36-31(41)32(2,19-8-5-9-20(33)16-19)37-25-14-4-3-12-23(25)34/h3-5,7-9,12-16,21-22,37H,6,10-11,17H2,1-2H3,(H,36,41). The predicted octanol–water partition coefficient (Wildman–Crippen LogP) is 8.04. The van der Waals surface area contributed by atoms with Gasteiger partial charge in [0.25, 0.3) is 5.56 Å². The SMILES string of the molecule is Cc1onc2c1c(=O)n(C1CCCC(NC(=O)C(C)(Nc3ccccc3Cl)c3cccc(Cl)c3)C1)c1cccc(Cl)c21. The van der Waals surface area contributed by atoms with E-state index in [9.17, 15) is 9.59 Å². The number of aromatic nitrogens is 2. The summed E-state index contributed by atoms with van der Waals surface area (Å²) >= 11 is 19.4. The van der Waals surface area contributed by atoms with E-state index in [4.69, 9.17) is 39.3 Å². The number of anilines is 1. The van der Waals surface area contributed by atoms with Crippen molar-refractivity contribution in [3.05, 3.63) is 103 Å². The van der Waals surface area contributed by atoms with Crippen LogP contribution in [0.25, 0.3) is 21.8 Å². The van der Waals surface area contributed by atoms with Crippen LogP contribution in [0.1, 0.15) is 50.0 Å². The van der Waals surface area contributed by atoms with Crippen molar-refractivity contribution in [2.75, 3.05) is 5.32 Å². The van der Waals surface area contributed by atoms with Crippen molar-refractivity contribution in [1.29, 1.82) is 0 Å². The highest BCUT2D eigenvalue weighted by Gasteiger charge is 2.38. The Balaban J connectivity index is 1.35. The number of carbonyl (C=O) groups is 1. The molecule has 2 aromatic heterocycles. The lowest BCUT2D eigenvalue weighted by molar-refractivity contribution is -0.126. The molecule has 0 spiro atoms. The minimum Gasteiger partial charge on any atom is -0.367 e.